The predicted molar refractivity (Wildman–Crippen MR) is 60.2 cm³/mol. The van der Waals surface area contributed by atoms with E-state index in [1.54, 1.807) is 0 Å². The van der Waals surface area contributed by atoms with Gasteiger partial charge in [0.05, 0.1) is 12.4 Å². The highest BCUT2D eigenvalue weighted by molar-refractivity contribution is 6.03. The van der Waals surface area contributed by atoms with Gasteiger partial charge in [-0.2, -0.15) is 0 Å². The van der Waals surface area contributed by atoms with Gasteiger partial charge in [0.15, 0.2) is 11.4 Å². The number of nitrogens with zero attached hydrogens (tertiary/aromatic N) is 2. The third kappa shape index (κ3) is 2.27. The lowest BCUT2D eigenvalue weighted by Crippen LogP contribution is -2.44. The number of aromatic carboxylic acids is 1. The van der Waals surface area contributed by atoms with Crippen LogP contribution in [0.15, 0.2) is 6.33 Å². The Hall–Kier alpha value is -2.42. The second kappa shape index (κ2) is 4.69. The Balaban J connectivity index is 2.30. The molecular weight excluding hydrogens is 256 g/mol. The minimum Gasteiger partial charge on any atom is -0.477 e. The summed E-state index contributed by atoms with van der Waals surface area (Å²) in [6.45, 7) is -0.0850. The van der Waals surface area contributed by atoms with E-state index in [2.05, 4.69) is 9.97 Å². The van der Waals surface area contributed by atoms with Crippen LogP contribution in [-0.2, 0) is 4.79 Å². The molecular formula is C10H12N4O5. The number of rotatable bonds is 3. The van der Waals surface area contributed by atoms with E-state index in [1.807, 2.05) is 0 Å². The Morgan fingerprint density at radius 1 is 1.47 bits per heavy atom. The second-order valence-corrected chi connectivity index (χ2v) is 4.20. The van der Waals surface area contributed by atoms with Crippen molar-refractivity contribution < 1.29 is 24.6 Å². The van der Waals surface area contributed by atoms with Crippen molar-refractivity contribution in [3.63, 3.8) is 0 Å². The van der Waals surface area contributed by atoms with Crippen LogP contribution in [0.25, 0.3) is 0 Å². The number of nitrogens with one attached hydrogen (secondary N) is 1. The topological polar surface area (TPSA) is 150 Å². The highest BCUT2D eigenvalue weighted by Gasteiger charge is 2.39. The molecule has 102 valence electrons. The first-order valence-corrected chi connectivity index (χ1v) is 5.46. The maximum Gasteiger partial charge on any atom is 0.354 e. The number of β-amino-alcohol motifs (C(OH)–C–C–N with tert-alkyl or cyclic N) is 1. The van der Waals surface area contributed by atoms with Crippen molar-refractivity contribution in [1.29, 1.82) is 0 Å². The van der Waals surface area contributed by atoms with Crippen LogP contribution in [0, 0.1) is 0 Å². The number of imidazole rings is 1. The minimum absolute atomic E-state index is 0.0356. The van der Waals surface area contributed by atoms with Gasteiger partial charge in [-0.05, 0) is 0 Å². The first-order chi connectivity index (χ1) is 8.91. The fourth-order valence-electron chi connectivity index (χ4n) is 2.06. The van der Waals surface area contributed by atoms with E-state index < -0.39 is 29.9 Å². The number of carbonyl (C=O) groups is 3. The average molecular weight is 268 g/mol. The predicted octanol–water partition coefficient (Wildman–Crippen LogP) is -1.83. The number of primary amides is 1. The molecule has 0 spiro atoms. The van der Waals surface area contributed by atoms with Gasteiger partial charge in [0.2, 0.25) is 5.91 Å². The molecule has 2 unspecified atom stereocenters. The molecule has 2 rings (SSSR count). The standard InChI is InChI=1S/C10H12N4O5/c11-8(16)5-1-4(15)2-14(5)9(17)6-7(10(18)19)13-3-12-6/h3-5,15H,1-2H2,(H2,11,16)(H,12,13)(H,18,19). The van der Waals surface area contributed by atoms with Crippen molar-refractivity contribution in [2.45, 2.75) is 18.6 Å². The number of carbonyl (C=O) groups excluding carboxylic acids is 2. The van der Waals surface area contributed by atoms with E-state index in [0.29, 0.717) is 0 Å². The van der Waals surface area contributed by atoms with Crippen LogP contribution < -0.4 is 5.73 Å². The van der Waals surface area contributed by atoms with Gasteiger partial charge in [0, 0.05) is 13.0 Å². The second-order valence-electron chi connectivity index (χ2n) is 4.20. The lowest BCUT2D eigenvalue weighted by atomic mass is 10.2. The van der Waals surface area contributed by atoms with E-state index in [4.69, 9.17) is 10.8 Å². The summed E-state index contributed by atoms with van der Waals surface area (Å²) < 4.78 is 0. The first-order valence-electron chi connectivity index (χ1n) is 5.46. The van der Waals surface area contributed by atoms with Crippen LogP contribution in [0.2, 0.25) is 0 Å². The highest BCUT2D eigenvalue weighted by Crippen LogP contribution is 2.20. The normalized spacial score (nSPS) is 22.5. The van der Waals surface area contributed by atoms with E-state index in [9.17, 15) is 19.5 Å². The van der Waals surface area contributed by atoms with Crippen LogP contribution in [0.4, 0.5) is 0 Å². The minimum atomic E-state index is -1.34. The van der Waals surface area contributed by atoms with Gasteiger partial charge in [-0.3, -0.25) is 9.59 Å². The number of hydrogen-bond donors (Lipinski definition) is 4. The molecule has 0 aromatic carbocycles. The van der Waals surface area contributed by atoms with Crippen molar-refractivity contribution in [2.75, 3.05) is 6.54 Å². The van der Waals surface area contributed by atoms with Crippen LogP contribution >= 0.6 is 0 Å². The molecule has 1 aromatic rings. The molecule has 1 fully saturated rings. The molecule has 2 amide bonds. The molecule has 1 aliphatic rings. The Kier molecular flexibility index (Phi) is 3.21. The lowest BCUT2D eigenvalue weighted by molar-refractivity contribution is -0.121. The zero-order valence-electron chi connectivity index (χ0n) is 9.74. The number of carboxylic acids is 1. The zero-order valence-corrected chi connectivity index (χ0v) is 9.74. The highest BCUT2D eigenvalue weighted by atomic mass is 16.4. The van der Waals surface area contributed by atoms with Crippen molar-refractivity contribution in [3.05, 3.63) is 17.7 Å². The van der Waals surface area contributed by atoms with Gasteiger partial charge >= 0.3 is 5.97 Å². The molecule has 0 bridgehead atoms. The van der Waals surface area contributed by atoms with Gasteiger partial charge < -0.3 is 25.8 Å². The fraction of sp³-hybridized carbons (Fsp3) is 0.400. The number of aliphatic hydroxyl groups excluding tert-OH is 1. The number of carboxylic acid groups (broad SMARTS) is 1. The van der Waals surface area contributed by atoms with Gasteiger partial charge in [-0.15, -0.1) is 0 Å². The monoisotopic (exact) mass is 268 g/mol. The van der Waals surface area contributed by atoms with Crippen molar-refractivity contribution >= 4 is 17.8 Å². The summed E-state index contributed by atoms with van der Waals surface area (Å²) in [5, 5.41) is 18.4. The van der Waals surface area contributed by atoms with Crippen LogP contribution in [0.3, 0.4) is 0 Å². The molecule has 0 aliphatic carbocycles. The Bertz CT molecular complexity index is 540. The largest absolute Gasteiger partial charge is 0.477 e. The van der Waals surface area contributed by atoms with Gasteiger partial charge in [0.25, 0.3) is 5.91 Å². The molecule has 1 saturated heterocycles. The fourth-order valence-corrected chi connectivity index (χ4v) is 2.06. The average Bonchev–Trinajstić information content (AvgIpc) is 2.93. The van der Waals surface area contributed by atoms with Crippen LogP contribution in [-0.4, -0.2) is 61.6 Å². The lowest BCUT2D eigenvalue weighted by Gasteiger charge is -2.20. The van der Waals surface area contributed by atoms with Crippen LogP contribution in [0.1, 0.15) is 27.4 Å². The first kappa shape index (κ1) is 13.0. The summed E-state index contributed by atoms with van der Waals surface area (Å²) >= 11 is 0. The Morgan fingerprint density at radius 3 is 2.74 bits per heavy atom. The summed E-state index contributed by atoms with van der Waals surface area (Å²) in [5.41, 5.74) is 4.47. The Morgan fingerprint density at radius 2 is 2.16 bits per heavy atom. The zero-order chi connectivity index (χ0) is 14.2. The summed E-state index contributed by atoms with van der Waals surface area (Å²) in [7, 11) is 0. The Labute approximate surface area is 107 Å². The smallest absolute Gasteiger partial charge is 0.354 e. The number of likely N-dealkylation sites (tertiary alicyclic amines) is 1. The number of H-pyrrole nitrogens is 1. The van der Waals surface area contributed by atoms with E-state index in [-0.39, 0.29) is 24.4 Å². The van der Waals surface area contributed by atoms with Crippen molar-refractivity contribution in [1.82, 2.24) is 14.9 Å². The molecule has 9 nitrogen and oxygen atoms in total. The molecule has 5 N–H and O–H groups in total. The molecule has 2 heterocycles. The number of nitrogens with two attached hydrogens (primary N) is 1. The molecule has 1 aliphatic heterocycles. The molecule has 19 heavy (non-hydrogen) atoms. The number of amides is 2. The van der Waals surface area contributed by atoms with Crippen molar-refractivity contribution in [2.24, 2.45) is 5.73 Å². The molecule has 2 atom stereocenters. The number of aromatic amines is 1. The maximum absolute atomic E-state index is 12.2. The number of aliphatic hydroxyl groups is 1. The van der Waals surface area contributed by atoms with Gasteiger partial charge in [-0.25, -0.2) is 9.78 Å². The SMILES string of the molecule is NC(=O)C1CC(O)CN1C(=O)c1nc[nH]c1C(=O)O. The summed E-state index contributed by atoms with van der Waals surface area (Å²) in [4.78, 5) is 41.3. The summed E-state index contributed by atoms with van der Waals surface area (Å²) in [6.07, 6.45) is 0.241. The van der Waals surface area contributed by atoms with E-state index in [1.165, 1.54) is 0 Å². The number of aromatic nitrogens is 2. The third-order valence-corrected chi connectivity index (χ3v) is 2.92. The quantitative estimate of drug-likeness (QED) is 0.506. The van der Waals surface area contributed by atoms with Crippen molar-refractivity contribution in [3.8, 4) is 0 Å². The van der Waals surface area contributed by atoms with E-state index >= 15 is 0 Å². The summed E-state index contributed by atoms with van der Waals surface area (Å²) in [5.74, 6) is -2.84. The van der Waals surface area contributed by atoms with Crippen LogP contribution in [0.5, 0.6) is 0 Å². The number of hydrogen-bond acceptors (Lipinski definition) is 5. The van der Waals surface area contributed by atoms with Gasteiger partial charge in [-0.1, -0.05) is 0 Å². The van der Waals surface area contributed by atoms with E-state index in [0.717, 1.165) is 11.2 Å². The maximum atomic E-state index is 12.2. The molecule has 0 saturated carbocycles. The molecule has 0 radical (unpaired) electrons. The molecule has 1 aromatic heterocycles. The van der Waals surface area contributed by atoms with Gasteiger partial charge in [0.1, 0.15) is 6.04 Å². The molecule has 9 heteroatoms. The third-order valence-electron chi connectivity index (χ3n) is 2.92. The summed E-state index contributed by atoms with van der Waals surface area (Å²) in [6, 6.07) is -0.958.